The molecule has 8 heteroatoms. The Kier molecular flexibility index (Phi) is 4.26. The highest BCUT2D eigenvalue weighted by Crippen LogP contribution is 2.03. The van der Waals surface area contributed by atoms with Crippen LogP contribution in [0.2, 0.25) is 0 Å². The summed E-state index contributed by atoms with van der Waals surface area (Å²) in [7, 11) is 0. The molecule has 104 valence electrons. The molecule has 0 saturated heterocycles. The van der Waals surface area contributed by atoms with Crippen molar-refractivity contribution in [2.45, 2.75) is 26.3 Å². The van der Waals surface area contributed by atoms with Crippen LogP contribution in [0.25, 0.3) is 0 Å². The average Bonchev–Trinajstić information content (AvgIpc) is 2.72. The number of carboxylic acids is 1. The Morgan fingerprint density at radius 2 is 2.00 bits per heavy atom. The van der Waals surface area contributed by atoms with Crippen molar-refractivity contribution in [3.63, 3.8) is 0 Å². The lowest BCUT2D eigenvalue weighted by molar-refractivity contribution is -0.121. The number of carbonyl (C=O) groups is 3. The summed E-state index contributed by atoms with van der Waals surface area (Å²) < 4.78 is 4.42. The van der Waals surface area contributed by atoms with Crippen LogP contribution in [0.15, 0.2) is 10.6 Å². The molecule has 0 aromatic carbocycles. The van der Waals surface area contributed by atoms with Gasteiger partial charge in [-0.05, 0) is 20.8 Å². The van der Waals surface area contributed by atoms with Gasteiger partial charge in [0.15, 0.2) is 5.69 Å². The van der Waals surface area contributed by atoms with Gasteiger partial charge in [0.25, 0.3) is 5.91 Å². The maximum Gasteiger partial charge on any atom is 0.374 e. The lowest BCUT2D eigenvalue weighted by Gasteiger charge is -2.20. The summed E-state index contributed by atoms with van der Waals surface area (Å²) in [6, 6.07) is 0.985. The molecule has 3 N–H and O–H groups in total. The number of nitrogens with zero attached hydrogens (tertiary/aromatic N) is 1. The Hall–Kier alpha value is -2.38. The monoisotopic (exact) mass is 269 g/mol. The van der Waals surface area contributed by atoms with Gasteiger partial charge in [-0.15, -0.1) is 0 Å². The highest BCUT2D eigenvalue weighted by molar-refractivity contribution is 5.96. The smallest absolute Gasteiger partial charge is 0.374 e. The van der Waals surface area contributed by atoms with E-state index in [0.29, 0.717) is 0 Å². The SMILES string of the molecule is CC(C)(C)NC(=O)CNC(=O)c1cc(C(=O)O)on1. The standard InChI is InChI=1S/C11H15N3O5/c1-11(2,3)13-8(15)5-12-9(16)6-4-7(10(17)18)19-14-6/h4H,5H2,1-3H3,(H,12,16)(H,13,15)(H,17,18). The van der Waals surface area contributed by atoms with Crippen molar-refractivity contribution in [3.05, 3.63) is 17.5 Å². The maximum atomic E-state index is 11.5. The Bertz CT molecular complexity index is 501. The molecule has 1 aromatic heterocycles. The molecule has 0 unspecified atom stereocenters. The lowest BCUT2D eigenvalue weighted by Crippen LogP contribution is -2.45. The minimum absolute atomic E-state index is 0.194. The van der Waals surface area contributed by atoms with Crippen LogP contribution in [0.5, 0.6) is 0 Å². The van der Waals surface area contributed by atoms with Gasteiger partial charge in [-0.1, -0.05) is 5.16 Å². The zero-order valence-electron chi connectivity index (χ0n) is 10.8. The minimum atomic E-state index is -1.32. The third kappa shape index (κ3) is 4.78. The van der Waals surface area contributed by atoms with Crippen LogP contribution in [-0.2, 0) is 4.79 Å². The fourth-order valence-electron chi connectivity index (χ4n) is 1.20. The Labute approximate surface area is 109 Å². The summed E-state index contributed by atoms with van der Waals surface area (Å²) in [6.45, 7) is 5.20. The van der Waals surface area contributed by atoms with Crippen molar-refractivity contribution in [1.82, 2.24) is 15.8 Å². The predicted molar refractivity (Wildman–Crippen MR) is 63.7 cm³/mol. The van der Waals surface area contributed by atoms with E-state index in [2.05, 4.69) is 20.3 Å². The summed E-state index contributed by atoms with van der Waals surface area (Å²) >= 11 is 0. The number of carboxylic acid groups (broad SMARTS) is 1. The first-order chi connectivity index (χ1) is 8.69. The molecule has 0 bridgehead atoms. The summed E-state index contributed by atoms with van der Waals surface area (Å²) in [5, 5.41) is 16.9. The number of hydrogen-bond acceptors (Lipinski definition) is 5. The molecule has 8 nitrogen and oxygen atoms in total. The van der Waals surface area contributed by atoms with Gasteiger partial charge in [0.2, 0.25) is 11.7 Å². The second-order valence-corrected chi connectivity index (χ2v) is 4.86. The van der Waals surface area contributed by atoms with Crippen LogP contribution in [-0.4, -0.2) is 40.1 Å². The molecule has 0 aliphatic heterocycles. The van der Waals surface area contributed by atoms with E-state index in [1.165, 1.54) is 0 Å². The molecule has 1 aromatic rings. The van der Waals surface area contributed by atoms with Crippen LogP contribution in [0.4, 0.5) is 0 Å². The molecule has 0 fully saturated rings. The molecule has 0 aliphatic carbocycles. The third-order valence-electron chi connectivity index (χ3n) is 1.88. The quantitative estimate of drug-likeness (QED) is 0.708. The Morgan fingerprint density at radius 1 is 1.37 bits per heavy atom. The molecule has 0 spiro atoms. The molecule has 19 heavy (non-hydrogen) atoms. The first-order valence-corrected chi connectivity index (χ1v) is 5.48. The van der Waals surface area contributed by atoms with Gasteiger partial charge in [0.1, 0.15) is 0 Å². The van der Waals surface area contributed by atoms with E-state index >= 15 is 0 Å². The lowest BCUT2D eigenvalue weighted by atomic mass is 10.1. The van der Waals surface area contributed by atoms with Gasteiger partial charge in [0, 0.05) is 11.6 Å². The molecule has 0 saturated carbocycles. The molecule has 0 aliphatic rings. The Morgan fingerprint density at radius 3 is 2.47 bits per heavy atom. The highest BCUT2D eigenvalue weighted by Gasteiger charge is 2.18. The molecular formula is C11H15N3O5. The summed E-state index contributed by atoms with van der Waals surface area (Å²) in [4.78, 5) is 33.5. The maximum absolute atomic E-state index is 11.5. The normalized spacial score (nSPS) is 10.9. The summed E-state index contributed by atoms with van der Waals surface area (Å²) in [5.41, 5.74) is -0.590. The summed E-state index contributed by atoms with van der Waals surface area (Å²) in [6.07, 6.45) is 0. The molecular weight excluding hydrogens is 254 g/mol. The number of nitrogens with one attached hydrogen (secondary N) is 2. The van der Waals surface area contributed by atoms with Gasteiger partial charge in [-0.3, -0.25) is 9.59 Å². The van der Waals surface area contributed by atoms with Gasteiger partial charge >= 0.3 is 5.97 Å². The van der Waals surface area contributed by atoms with Crippen molar-refractivity contribution in [3.8, 4) is 0 Å². The third-order valence-corrected chi connectivity index (χ3v) is 1.88. The van der Waals surface area contributed by atoms with Gasteiger partial charge in [0.05, 0.1) is 6.54 Å². The first kappa shape index (κ1) is 14.7. The van der Waals surface area contributed by atoms with Gasteiger partial charge in [-0.25, -0.2) is 4.79 Å². The second kappa shape index (κ2) is 5.51. The number of amides is 2. The van der Waals surface area contributed by atoms with E-state index in [-0.39, 0.29) is 18.1 Å². The van der Waals surface area contributed by atoms with Crippen LogP contribution in [0.3, 0.4) is 0 Å². The number of hydrogen-bond donors (Lipinski definition) is 3. The van der Waals surface area contributed by atoms with Crippen LogP contribution >= 0.6 is 0 Å². The number of rotatable bonds is 4. The molecule has 2 amide bonds. The van der Waals surface area contributed by atoms with E-state index in [4.69, 9.17) is 5.11 Å². The minimum Gasteiger partial charge on any atom is -0.475 e. The van der Waals surface area contributed by atoms with Crippen molar-refractivity contribution >= 4 is 17.8 Å². The largest absolute Gasteiger partial charge is 0.475 e. The van der Waals surface area contributed by atoms with E-state index in [9.17, 15) is 14.4 Å². The number of carbonyl (C=O) groups excluding carboxylic acids is 2. The van der Waals surface area contributed by atoms with E-state index < -0.39 is 23.2 Å². The van der Waals surface area contributed by atoms with Crippen molar-refractivity contribution in [2.24, 2.45) is 0 Å². The van der Waals surface area contributed by atoms with Crippen molar-refractivity contribution in [1.29, 1.82) is 0 Å². The second-order valence-electron chi connectivity index (χ2n) is 4.86. The fraction of sp³-hybridized carbons (Fsp3) is 0.455. The summed E-state index contributed by atoms with van der Waals surface area (Å²) in [5.74, 6) is -2.80. The van der Waals surface area contributed by atoms with E-state index in [0.717, 1.165) is 6.07 Å². The van der Waals surface area contributed by atoms with Gasteiger partial charge in [-0.2, -0.15) is 0 Å². The molecule has 1 heterocycles. The van der Waals surface area contributed by atoms with Crippen LogP contribution < -0.4 is 10.6 Å². The number of aromatic carboxylic acids is 1. The molecule has 1 rings (SSSR count). The predicted octanol–water partition coefficient (Wildman–Crippen LogP) is 0.0173. The topological polar surface area (TPSA) is 122 Å². The van der Waals surface area contributed by atoms with E-state index in [1.807, 2.05) is 20.8 Å². The van der Waals surface area contributed by atoms with Crippen molar-refractivity contribution in [2.75, 3.05) is 6.54 Å². The number of aromatic nitrogens is 1. The Balaban J connectivity index is 2.51. The van der Waals surface area contributed by atoms with Crippen LogP contribution in [0, 0.1) is 0 Å². The van der Waals surface area contributed by atoms with E-state index in [1.54, 1.807) is 0 Å². The van der Waals surface area contributed by atoms with Crippen molar-refractivity contribution < 1.29 is 24.0 Å². The molecule has 0 atom stereocenters. The van der Waals surface area contributed by atoms with Gasteiger partial charge < -0.3 is 20.3 Å². The fourth-order valence-corrected chi connectivity index (χ4v) is 1.20. The van der Waals surface area contributed by atoms with Crippen LogP contribution in [0.1, 0.15) is 41.8 Å². The molecule has 0 radical (unpaired) electrons. The zero-order valence-corrected chi connectivity index (χ0v) is 10.8. The first-order valence-electron chi connectivity index (χ1n) is 5.48. The highest BCUT2D eigenvalue weighted by atomic mass is 16.5. The average molecular weight is 269 g/mol. The zero-order chi connectivity index (χ0) is 14.6.